The van der Waals surface area contributed by atoms with Crippen LogP contribution in [0.5, 0.6) is 0 Å². The Labute approximate surface area is 137 Å². The second-order valence-electron chi connectivity index (χ2n) is 6.43. The van der Waals surface area contributed by atoms with Gasteiger partial charge in [0.15, 0.2) is 0 Å². The number of carboxylic acid groups (broad SMARTS) is 1. The largest absolute Gasteiger partial charge is 0.478 e. The fourth-order valence-electron chi connectivity index (χ4n) is 2.92. The van der Waals surface area contributed by atoms with Gasteiger partial charge < -0.3 is 14.9 Å². The van der Waals surface area contributed by atoms with Crippen molar-refractivity contribution in [3.05, 3.63) is 35.4 Å². The lowest BCUT2D eigenvalue weighted by Crippen LogP contribution is -2.40. The van der Waals surface area contributed by atoms with Crippen LogP contribution >= 0.6 is 0 Å². The van der Waals surface area contributed by atoms with Gasteiger partial charge in [-0.05, 0) is 24.7 Å². The zero-order valence-electron chi connectivity index (χ0n) is 14.0. The van der Waals surface area contributed by atoms with Gasteiger partial charge in [0.05, 0.1) is 11.5 Å². The summed E-state index contributed by atoms with van der Waals surface area (Å²) in [6, 6.07) is 6.95. The van der Waals surface area contributed by atoms with Gasteiger partial charge in [0.1, 0.15) is 0 Å². The molecule has 1 atom stereocenters. The number of carbonyl (C=O) groups is 2. The van der Waals surface area contributed by atoms with Gasteiger partial charge in [0, 0.05) is 46.8 Å². The molecule has 0 radical (unpaired) electrons. The van der Waals surface area contributed by atoms with E-state index in [4.69, 9.17) is 5.11 Å². The molecule has 1 N–H and O–H groups in total. The monoisotopic (exact) mass is 319 g/mol. The summed E-state index contributed by atoms with van der Waals surface area (Å²) >= 11 is 0. The molecule has 126 valence electrons. The molecule has 1 aliphatic rings. The molecule has 2 rings (SSSR count). The maximum Gasteiger partial charge on any atom is 0.335 e. The SMILES string of the molecule is CN1CCN(Cc2ccc(C(=O)O)cc2)CC(C(=O)N(C)C)C1. The molecule has 23 heavy (non-hydrogen) atoms. The molecule has 1 unspecified atom stereocenters. The Morgan fingerprint density at radius 2 is 1.83 bits per heavy atom. The van der Waals surface area contributed by atoms with Crippen LogP contribution in [0.3, 0.4) is 0 Å². The first kappa shape index (κ1) is 17.4. The van der Waals surface area contributed by atoms with Crippen molar-refractivity contribution in [2.75, 3.05) is 47.3 Å². The maximum absolute atomic E-state index is 12.3. The van der Waals surface area contributed by atoms with E-state index >= 15 is 0 Å². The summed E-state index contributed by atoms with van der Waals surface area (Å²) in [7, 11) is 5.63. The Bertz CT molecular complexity index is 557. The lowest BCUT2D eigenvalue weighted by atomic mass is 10.1. The van der Waals surface area contributed by atoms with E-state index in [1.165, 1.54) is 0 Å². The Hall–Kier alpha value is -1.92. The highest BCUT2D eigenvalue weighted by Gasteiger charge is 2.27. The molecule has 1 aliphatic heterocycles. The number of hydrogen-bond donors (Lipinski definition) is 1. The molecule has 1 fully saturated rings. The lowest BCUT2D eigenvalue weighted by Gasteiger charge is -2.25. The first-order chi connectivity index (χ1) is 10.9. The topological polar surface area (TPSA) is 64.1 Å². The molecule has 1 aromatic rings. The molecule has 0 bridgehead atoms. The summed E-state index contributed by atoms with van der Waals surface area (Å²) in [6.45, 7) is 4.04. The van der Waals surface area contributed by atoms with E-state index in [0.717, 1.165) is 38.3 Å². The second kappa shape index (κ2) is 7.57. The summed E-state index contributed by atoms with van der Waals surface area (Å²) in [5, 5.41) is 8.95. The van der Waals surface area contributed by atoms with Crippen LogP contribution in [0.1, 0.15) is 15.9 Å². The number of hydrogen-bond acceptors (Lipinski definition) is 4. The van der Waals surface area contributed by atoms with Crippen molar-refractivity contribution in [2.24, 2.45) is 5.92 Å². The average Bonchev–Trinajstić information content (AvgIpc) is 2.69. The highest BCUT2D eigenvalue weighted by molar-refractivity contribution is 5.87. The average molecular weight is 319 g/mol. The van der Waals surface area contributed by atoms with Crippen LogP contribution in [-0.2, 0) is 11.3 Å². The van der Waals surface area contributed by atoms with Gasteiger partial charge in [-0.2, -0.15) is 0 Å². The smallest absolute Gasteiger partial charge is 0.335 e. The van der Waals surface area contributed by atoms with Crippen LogP contribution in [0, 0.1) is 5.92 Å². The number of likely N-dealkylation sites (N-methyl/N-ethyl adjacent to an activating group) is 1. The van der Waals surface area contributed by atoms with E-state index in [0.29, 0.717) is 5.56 Å². The minimum Gasteiger partial charge on any atom is -0.478 e. The van der Waals surface area contributed by atoms with Crippen molar-refractivity contribution >= 4 is 11.9 Å². The van der Waals surface area contributed by atoms with Crippen molar-refractivity contribution in [1.82, 2.24) is 14.7 Å². The predicted molar refractivity (Wildman–Crippen MR) is 88.4 cm³/mol. The quantitative estimate of drug-likeness (QED) is 0.891. The normalized spacial score (nSPS) is 20.0. The summed E-state index contributed by atoms with van der Waals surface area (Å²) < 4.78 is 0. The highest BCUT2D eigenvalue weighted by Crippen LogP contribution is 2.14. The van der Waals surface area contributed by atoms with Crippen molar-refractivity contribution < 1.29 is 14.7 Å². The van der Waals surface area contributed by atoms with E-state index in [1.54, 1.807) is 31.1 Å². The predicted octanol–water partition coefficient (Wildman–Crippen LogP) is 0.837. The van der Waals surface area contributed by atoms with Gasteiger partial charge in [-0.15, -0.1) is 0 Å². The third kappa shape index (κ3) is 4.77. The summed E-state index contributed by atoms with van der Waals surface area (Å²) in [6.07, 6.45) is 0. The Balaban J connectivity index is 2.05. The number of amides is 1. The maximum atomic E-state index is 12.3. The fraction of sp³-hybridized carbons (Fsp3) is 0.529. The van der Waals surface area contributed by atoms with E-state index in [2.05, 4.69) is 9.80 Å². The van der Waals surface area contributed by atoms with Crippen LogP contribution in [0.25, 0.3) is 0 Å². The van der Waals surface area contributed by atoms with E-state index in [-0.39, 0.29) is 11.8 Å². The van der Waals surface area contributed by atoms with E-state index in [1.807, 2.05) is 19.2 Å². The van der Waals surface area contributed by atoms with Crippen LogP contribution in [0.4, 0.5) is 0 Å². The lowest BCUT2D eigenvalue weighted by molar-refractivity contribution is -0.133. The number of nitrogens with zero attached hydrogens (tertiary/aromatic N) is 3. The zero-order chi connectivity index (χ0) is 17.0. The van der Waals surface area contributed by atoms with Crippen LogP contribution in [-0.4, -0.2) is 79.0 Å². The van der Waals surface area contributed by atoms with Gasteiger partial charge in [0.2, 0.25) is 5.91 Å². The van der Waals surface area contributed by atoms with Crippen LogP contribution in [0.2, 0.25) is 0 Å². The standard InChI is InChI=1S/C17H25N3O3/c1-18(2)16(21)15-11-19(3)8-9-20(12-15)10-13-4-6-14(7-5-13)17(22)23/h4-7,15H,8-12H2,1-3H3,(H,22,23). The van der Waals surface area contributed by atoms with Gasteiger partial charge in [-0.25, -0.2) is 4.79 Å². The fourth-order valence-corrected chi connectivity index (χ4v) is 2.92. The minimum absolute atomic E-state index is 0.0317. The van der Waals surface area contributed by atoms with Gasteiger partial charge in [-0.1, -0.05) is 12.1 Å². The molecule has 0 aliphatic carbocycles. The molecule has 0 spiro atoms. The second-order valence-corrected chi connectivity index (χ2v) is 6.43. The van der Waals surface area contributed by atoms with Crippen molar-refractivity contribution in [2.45, 2.75) is 6.54 Å². The van der Waals surface area contributed by atoms with Crippen molar-refractivity contribution in [1.29, 1.82) is 0 Å². The summed E-state index contributed by atoms with van der Waals surface area (Å²) in [5.41, 5.74) is 1.36. The zero-order valence-corrected chi connectivity index (χ0v) is 14.0. The number of carboxylic acids is 1. The number of carbonyl (C=O) groups excluding carboxylic acids is 1. The van der Waals surface area contributed by atoms with Gasteiger partial charge in [-0.3, -0.25) is 9.69 Å². The Kier molecular flexibility index (Phi) is 5.74. The molecular weight excluding hydrogens is 294 g/mol. The molecular formula is C17H25N3O3. The first-order valence-corrected chi connectivity index (χ1v) is 7.81. The molecule has 0 saturated carbocycles. The Morgan fingerprint density at radius 3 is 2.39 bits per heavy atom. The molecule has 1 aromatic carbocycles. The van der Waals surface area contributed by atoms with E-state index in [9.17, 15) is 9.59 Å². The summed E-state index contributed by atoms with van der Waals surface area (Å²) in [5.74, 6) is -0.787. The van der Waals surface area contributed by atoms with Crippen LogP contribution < -0.4 is 0 Å². The number of rotatable bonds is 4. The number of aromatic carboxylic acids is 1. The van der Waals surface area contributed by atoms with Gasteiger partial charge in [0.25, 0.3) is 0 Å². The van der Waals surface area contributed by atoms with Gasteiger partial charge >= 0.3 is 5.97 Å². The summed E-state index contributed by atoms with van der Waals surface area (Å²) in [4.78, 5) is 29.3. The number of benzene rings is 1. The third-order valence-corrected chi connectivity index (χ3v) is 4.21. The molecule has 1 saturated heterocycles. The minimum atomic E-state index is -0.912. The third-order valence-electron chi connectivity index (χ3n) is 4.21. The molecule has 6 heteroatoms. The van der Waals surface area contributed by atoms with Crippen molar-refractivity contribution in [3.8, 4) is 0 Å². The highest BCUT2D eigenvalue weighted by atomic mass is 16.4. The Morgan fingerprint density at radius 1 is 1.17 bits per heavy atom. The molecule has 1 heterocycles. The van der Waals surface area contributed by atoms with Crippen LogP contribution in [0.15, 0.2) is 24.3 Å². The van der Waals surface area contributed by atoms with Crippen molar-refractivity contribution in [3.63, 3.8) is 0 Å². The van der Waals surface area contributed by atoms with E-state index < -0.39 is 5.97 Å². The molecule has 1 amide bonds. The molecule has 0 aromatic heterocycles. The first-order valence-electron chi connectivity index (χ1n) is 7.81. The molecule has 6 nitrogen and oxygen atoms in total.